The highest BCUT2D eigenvalue weighted by Gasteiger charge is 2.36. The van der Waals surface area contributed by atoms with E-state index in [0.717, 1.165) is 17.1 Å². The first-order chi connectivity index (χ1) is 9.61. The van der Waals surface area contributed by atoms with Crippen LogP contribution < -0.4 is 10.4 Å². The lowest BCUT2D eigenvalue weighted by Gasteiger charge is -2.19. The third-order valence-corrected chi connectivity index (χ3v) is 4.35. The fourth-order valence-corrected chi connectivity index (χ4v) is 3.11. The Bertz CT molecular complexity index is 735. The molecule has 1 unspecified atom stereocenters. The predicted octanol–water partition coefficient (Wildman–Crippen LogP) is 0.935. The fourth-order valence-electron chi connectivity index (χ4n) is 1.77. The molecule has 0 spiro atoms. The average molecular weight is 355 g/mol. The first-order valence-corrected chi connectivity index (χ1v) is 7.59. The van der Waals surface area contributed by atoms with Crippen LogP contribution in [-0.2, 0) is 19.7 Å². The van der Waals surface area contributed by atoms with Gasteiger partial charge in [0.25, 0.3) is 10.1 Å². The van der Waals surface area contributed by atoms with Gasteiger partial charge in [0.05, 0.1) is 22.2 Å². The van der Waals surface area contributed by atoms with Gasteiger partial charge in [0.2, 0.25) is 5.91 Å². The van der Waals surface area contributed by atoms with Gasteiger partial charge in [-0.25, -0.2) is 10.4 Å². The normalized spacial score (nSPS) is 19.1. The number of nitrogens with zero attached hydrogens (tertiary/aromatic N) is 1. The maximum absolute atomic E-state index is 11.8. The molecule has 0 aromatic heterocycles. The maximum Gasteiger partial charge on any atom is 0.323 e. The van der Waals surface area contributed by atoms with E-state index in [1.807, 2.05) is 0 Å². The Balaban J connectivity index is 2.45. The van der Waals surface area contributed by atoms with Crippen molar-refractivity contribution < 1.29 is 27.7 Å². The summed E-state index contributed by atoms with van der Waals surface area (Å²) in [6.45, 7) is 0. The molecule has 0 bridgehead atoms. The Labute approximate surface area is 129 Å². The number of amides is 1. The van der Waals surface area contributed by atoms with Crippen molar-refractivity contribution in [1.29, 1.82) is 0 Å². The number of carbonyl (C=O) groups is 2. The molecule has 1 aliphatic rings. The largest absolute Gasteiger partial charge is 0.480 e. The minimum absolute atomic E-state index is 0.0113. The topological polar surface area (TPSA) is 124 Å². The lowest BCUT2D eigenvalue weighted by molar-refractivity contribution is -0.139. The van der Waals surface area contributed by atoms with E-state index in [9.17, 15) is 18.0 Å². The van der Waals surface area contributed by atoms with E-state index in [4.69, 9.17) is 32.9 Å². The average Bonchev–Trinajstić information content (AvgIpc) is 2.72. The van der Waals surface area contributed by atoms with Crippen LogP contribution in [0, 0.1) is 0 Å². The summed E-state index contributed by atoms with van der Waals surface area (Å²) in [6, 6.07) is 0.799. The summed E-state index contributed by atoms with van der Waals surface area (Å²) in [5.41, 5.74) is 2.40. The number of benzene rings is 1. The van der Waals surface area contributed by atoms with Crippen LogP contribution in [0.1, 0.15) is 6.42 Å². The standard InChI is InChI=1S/C10H8Cl2N2O6S/c11-4-2-8(21(18,19)20)5(12)1-7(4)14-9(15)3-6(13-14)10(16)17/h1-2,6,13H,3H2,(H,16,17)(H,18,19,20). The number of carboxylic acid groups (broad SMARTS) is 1. The molecule has 1 heterocycles. The van der Waals surface area contributed by atoms with Gasteiger partial charge >= 0.3 is 5.97 Å². The van der Waals surface area contributed by atoms with E-state index in [-0.39, 0.29) is 22.2 Å². The molecule has 1 aromatic carbocycles. The molecule has 2 rings (SSSR count). The predicted molar refractivity (Wildman–Crippen MR) is 72.9 cm³/mol. The Morgan fingerprint density at radius 3 is 2.43 bits per heavy atom. The summed E-state index contributed by atoms with van der Waals surface area (Å²) >= 11 is 11.6. The van der Waals surface area contributed by atoms with Crippen molar-refractivity contribution in [2.45, 2.75) is 17.4 Å². The highest BCUT2D eigenvalue weighted by Crippen LogP contribution is 2.35. The van der Waals surface area contributed by atoms with Gasteiger partial charge in [-0.15, -0.1) is 0 Å². The molecule has 1 aliphatic heterocycles. The van der Waals surface area contributed by atoms with Gasteiger partial charge in [0, 0.05) is 0 Å². The zero-order chi connectivity index (χ0) is 15.9. The van der Waals surface area contributed by atoms with Gasteiger partial charge in [-0.2, -0.15) is 8.42 Å². The van der Waals surface area contributed by atoms with Crippen molar-refractivity contribution in [1.82, 2.24) is 5.43 Å². The molecule has 21 heavy (non-hydrogen) atoms. The van der Waals surface area contributed by atoms with E-state index in [0.29, 0.717) is 0 Å². The number of halogens is 2. The van der Waals surface area contributed by atoms with Crippen LogP contribution in [0.2, 0.25) is 10.0 Å². The zero-order valence-electron chi connectivity index (χ0n) is 10.1. The first-order valence-electron chi connectivity index (χ1n) is 5.39. The number of hydrazine groups is 1. The monoisotopic (exact) mass is 354 g/mol. The lowest BCUT2D eigenvalue weighted by atomic mass is 10.2. The van der Waals surface area contributed by atoms with Crippen LogP contribution in [-0.4, -0.2) is 36.0 Å². The SMILES string of the molecule is O=C(O)C1CC(=O)N(c2cc(Cl)c(S(=O)(=O)O)cc2Cl)N1. The van der Waals surface area contributed by atoms with Crippen LogP contribution in [0.15, 0.2) is 17.0 Å². The van der Waals surface area contributed by atoms with Gasteiger partial charge in [0.15, 0.2) is 0 Å². The summed E-state index contributed by atoms with van der Waals surface area (Å²) in [4.78, 5) is 22.0. The molecule has 1 fully saturated rings. The van der Waals surface area contributed by atoms with Crippen LogP contribution >= 0.6 is 23.2 Å². The minimum atomic E-state index is -4.57. The number of aliphatic carboxylic acids is 1. The summed E-state index contributed by atoms with van der Waals surface area (Å²) in [7, 11) is -4.57. The van der Waals surface area contributed by atoms with E-state index >= 15 is 0 Å². The summed E-state index contributed by atoms with van der Waals surface area (Å²) < 4.78 is 31.1. The Hall–Kier alpha value is -1.39. The Morgan fingerprint density at radius 1 is 1.33 bits per heavy atom. The molecule has 1 atom stereocenters. The number of carboxylic acids is 1. The molecule has 0 radical (unpaired) electrons. The Kier molecular flexibility index (Phi) is 4.13. The van der Waals surface area contributed by atoms with Gasteiger partial charge in [0.1, 0.15) is 10.9 Å². The number of hydrogen-bond acceptors (Lipinski definition) is 5. The molecule has 3 N–H and O–H groups in total. The molecule has 0 aliphatic carbocycles. The number of rotatable bonds is 3. The van der Waals surface area contributed by atoms with E-state index in [1.165, 1.54) is 0 Å². The van der Waals surface area contributed by atoms with Gasteiger partial charge < -0.3 is 5.11 Å². The van der Waals surface area contributed by atoms with E-state index < -0.39 is 32.9 Å². The highest BCUT2D eigenvalue weighted by atomic mass is 35.5. The molecule has 0 saturated carbocycles. The molecular formula is C10H8Cl2N2O6S. The van der Waals surface area contributed by atoms with Crippen LogP contribution in [0.4, 0.5) is 5.69 Å². The molecule has 8 nitrogen and oxygen atoms in total. The molecule has 114 valence electrons. The Morgan fingerprint density at radius 2 is 1.95 bits per heavy atom. The third-order valence-electron chi connectivity index (χ3n) is 2.73. The summed E-state index contributed by atoms with van der Waals surface area (Å²) in [5, 5.41) is 9.18. The fraction of sp³-hybridized carbons (Fsp3) is 0.200. The number of anilines is 1. The van der Waals surface area contributed by atoms with E-state index in [2.05, 4.69) is 5.43 Å². The van der Waals surface area contributed by atoms with Gasteiger partial charge in [-0.3, -0.25) is 14.1 Å². The zero-order valence-corrected chi connectivity index (χ0v) is 12.4. The number of hydrogen-bond donors (Lipinski definition) is 3. The van der Waals surface area contributed by atoms with Crippen LogP contribution in [0.25, 0.3) is 0 Å². The van der Waals surface area contributed by atoms with Crippen molar-refractivity contribution in [3.05, 3.63) is 22.2 Å². The van der Waals surface area contributed by atoms with Crippen molar-refractivity contribution in [3.8, 4) is 0 Å². The molecular weight excluding hydrogens is 347 g/mol. The minimum Gasteiger partial charge on any atom is -0.480 e. The second-order valence-electron chi connectivity index (χ2n) is 4.16. The molecule has 1 saturated heterocycles. The summed E-state index contributed by atoms with van der Waals surface area (Å²) in [5.74, 6) is -1.79. The molecule has 11 heteroatoms. The second kappa shape index (κ2) is 5.43. The van der Waals surface area contributed by atoms with Crippen molar-refractivity contribution in [2.75, 3.05) is 5.01 Å². The number of nitrogens with one attached hydrogen (secondary N) is 1. The third kappa shape index (κ3) is 3.11. The molecule has 1 amide bonds. The summed E-state index contributed by atoms with van der Waals surface area (Å²) in [6.07, 6.45) is -0.288. The maximum atomic E-state index is 11.8. The quantitative estimate of drug-likeness (QED) is 0.689. The van der Waals surface area contributed by atoms with Crippen LogP contribution in [0.5, 0.6) is 0 Å². The number of carbonyl (C=O) groups excluding carboxylic acids is 1. The van der Waals surface area contributed by atoms with Gasteiger partial charge in [-0.1, -0.05) is 23.2 Å². The van der Waals surface area contributed by atoms with Crippen LogP contribution in [0.3, 0.4) is 0 Å². The molecule has 1 aromatic rings. The van der Waals surface area contributed by atoms with E-state index in [1.54, 1.807) is 0 Å². The second-order valence-corrected chi connectivity index (χ2v) is 6.37. The highest BCUT2D eigenvalue weighted by molar-refractivity contribution is 7.86. The van der Waals surface area contributed by atoms with Crippen molar-refractivity contribution >= 4 is 50.9 Å². The first kappa shape index (κ1) is 16.0. The van der Waals surface area contributed by atoms with Crippen molar-refractivity contribution in [2.24, 2.45) is 0 Å². The van der Waals surface area contributed by atoms with Gasteiger partial charge in [-0.05, 0) is 12.1 Å². The smallest absolute Gasteiger partial charge is 0.323 e. The lowest BCUT2D eigenvalue weighted by Crippen LogP contribution is -2.41. The van der Waals surface area contributed by atoms with Crippen molar-refractivity contribution in [3.63, 3.8) is 0 Å².